The lowest BCUT2D eigenvalue weighted by Crippen LogP contribution is -2.37. The van der Waals surface area contributed by atoms with Crippen LogP contribution in [0.5, 0.6) is 0 Å². The lowest BCUT2D eigenvalue weighted by atomic mass is 10.1. The summed E-state index contributed by atoms with van der Waals surface area (Å²) in [6.45, 7) is 0.172. The zero-order valence-corrected chi connectivity index (χ0v) is 15.2. The van der Waals surface area contributed by atoms with E-state index in [0.29, 0.717) is 17.4 Å². The number of nitrogens with one attached hydrogen (secondary N) is 1. The fourth-order valence-corrected chi connectivity index (χ4v) is 2.95. The van der Waals surface area contributed by atoms with Crippen LogP contribution in [0.15, 0.2) is 59.7 Å². The van der Waals surface area contributed by atoms with Crippen molar-refractivity contribution in [3.05, 3.63) is 76.6 Å². The molecule has 0 aliphatic heterocycles. The van der Waals surface area contributed by atoms with Gasteiger partial charge in [-0.25, -0.2) is 9.37 Å². The van der Waals surface area contributed by atoms with Crippen LogP contribution < -0.4 is 10.9 Å². The normalized spacial score (nSPS) is 12.3. The van der Waals surface area contributed by atoms with E-state index in [0.717, 1.165) is 5.56 Å². The summed E-state index contributed by atoms with van der Waals surface area (Å²) in [5, 5.41) is 3.29. The van der Waals surface area contributed by atoms with Crippen molar-refractivity contribution in [2.75, 3.05) is 20.6 Å². The number of nitrogens with zero attached hydrogens (tertiary/aromatic N) is 3. The molecule has 0 spiro atoms. The van der Waals surface area contributed by atoms with Crippen molar-refractivity contribution in [3.63, 3.8) is 0 Å². The maximum absolute atomic E-state index is 13.5. The first-order chi connectivity index (χ1) is 13.0. The van der Waals surface area contributed by atoms with Crippen LogP contribution >= 0.6 is 0 Å². The number of aromatic nitrogens is 2. The van der Waals surface area contributed by atoms with E-state index >= 15 is 0 Å². The van der Waals surface area contributed by atoms with Gasteiger partial charge in [0, 0.05) is 6.54 Å². The molecule has 1 heterocycles. The minimum atomic E-state index is -0.320. The second-order valence-corrected chi connectivity index (χ2v) is 6.53. The molecule has 0 fully saturated rings. The predicted octanol–water partition coefficient (Wildman–Crippen LogP) is 1.95. The van der Waals surface area contributed by atoms with Crippen molar-refractivity contribution in [1.29, 1.82) is 0 Å². The summed E-state index contributed by atoms with van der Waals surface area (Å²) in [4.78, 5) is 30.9. The fourth-order valence-electron chi connectivity index (χ4n) is 2.95. The molecule has 1 aromatic heterocycles. The molecule has 0 bridgehead atoms. The fraction of sp³-hybridized carbons (Fsp3) is 0.250. The average molecular weight is 368 g/mol. The number of para-hydroxylation sites is 1. The summed E-state index contributed by atoms with van der Waals surface area (Å²) in [5.41, 5.74) is 1.10. The molecular weight excluding hydrogens is 347 g/mol. The van der Waals surface area contributed by atoms with Crippen molar-refractivity contribution in [1.82, 2.24) is 19.8 Å². The molecule has 1 unspecified atom stereocenters. The Morgan fingerprint density at radius 2 is 2.00 bits per heavy atom. The van der Waals surface area contributed by atoms with Gasteiger partial charge in [-0.1, -0.05) is 24.3 Å². The second-order valence-electron chi connectivity index (χ2n) is 6.53. The average Bonchev–Trinajstić information content (AvgIpc) is 2.64. The molecule has 0 saturated heterocycles. The summed E-state index contributed by atoms with van der Waals surface area (Å²) < 4.78 is 14.8. The Hall–Kier alpha value is -3.06. The standard InChI is InChI=1S/C20H21FN4O2/c1-24(2)18(14-6-5-7-15(21)10-14)11-22-19(26)12-25-13-23-17-9-4-3-8-16(17)20(25)27/h3-10,13,18H,11-12H2,1-2H3,(H,22,26). The van der Waals surface area contributed by atoms with Crippen LogP contribution in [-0.2, 0) is 11.3 Å². The van der Waals surface area contributed by atoms with E-state index in [1.165, 1.54) is 23.0 Å². The zero-order valence-electron chi connectivity index (χ0n) is 15.2. The number of hydrogen-bond donors (Lipinski definition) is 1. The van der Waals surface area contributed by atoms with Gasteiger partial charge in [-0.15, -0.1) is 0 Å². The molecule has 1 atom stereocenters. The van der Waals surface area contributed by atoms with Gasteiger partial charge >= 0.3 is 0 Å². The minimum Gasteiger partial charge on any atom is -0.353 e. The SMILES string of the molecule is CN(C)C(CNC(=O)Cn1cnc2ccccc2c1=O)c1cccc(F)c1. The highest BCUT2D eigenvalue weighted by Gasteiger charge is 2.16. The van der Waals surface area contributed by atoms with E-state index in [1.807, 2.05) is 25.1 Å². The molecule has 140 valence electrons. The number of rotatable bonds is 6. The molecule has 1 N–H and O–H groups in total. The largest absolute Gasteiger partial charge is 0.353 e. The Labute approximate surface area is 156 Å². The Kier molecular flexibility index (Phi) is 5.61. The number of benzene rings is 2. The molecular formula is C20H21FN4O2. The first kappa shape index (κ1) is 18.7. The number of carbonyl (C=O) groups is 1. The van der Waals surface area contributed by atoms with Gasteiger partial charge in [0.1, 0.15) is 12.4 Å². The van der Waals surface area contributed by atoms with E-state index in [2.05, 4.69) is 10.3 Å². The van der Waals surface area contributed by atoms with E-state index < -0.39 is 0 Å². The lowest BCUT2D eigenvalue weighted by Gasteiger charge is -2.25. The molecule has 1 amide bonds. The first-order valence-corrected chi connectivity index (χ1v) is 8.58. The maximum atomic E-state index is 13.5. The Bertz CT molecular complexity index is 1020. The molecule has 3 aromatic rings. The molecule has 0 radical (unpaired) electrons. The van der Waals surface area contributed by atoms with Crippen molar-refractivity contribution in [2.24, 2.45) is 0 Å². The smallest absolute Gasteiger partial charge is 0.261 e. The molecule has 3 rings (SSSR count). The Balaban J connectivity index is 1.70. The molecule has 0 aliphatic carbocycles. The molecule has 2 aromatic carbocycles. The third kappa shape index (κ3) is 4.38. The highest BCUT2D eigenvalue weighted by atomic mass is 19.1. The van der Waals surface area contributed by atoms with Gasteiger partial charge in [0.15, 0.2) is 0 Å². The van der Waals surface area contributed by atoms with Gasteiger partial charge in [-0.3, -0.25) is 14.2 Å². The van der Waals surface area contributed by atoms with E-state index in [1.54, 1.807) is 30.3 Å². The van der Waals surface area contributed by atoms with E-state index in [9.17, 15) is 14.0 Å². The Morgan fingerprint density at radius 3 is 2.74 bits per heavy atom. The van der Waals surface area contributed by atoms with E-state index in [4.69, 9.17) is 0 Å². The van der Waals surface area contributed by atoms with Crippen LogP contribution in [0.1, 0.15) is 11.6 Å². The third-order valence-corrected chi connectivity index (χ3v) is 4.39. The van der Waals surface area contributed by atoms with Crippen molar-refractivity contribution < 1.29 is 9.18 Å². The molecule has 6 nitrogen and oxygen atoms in total. The molecule has 0 aliphatic rings. The summed E-state index contributed by atoms with van der Waals surface area (Å²) in [6.07, 6.45) is 1.38. The van der Waals surface area contributed by atoms with Gasteiger partial charge in [0.25, 0.3) is 5.56 Å². The van der Waals surface area contributed by atoms with Gasteiger partial charge in [-0.05, 0) is 43.9 Å². The highest BCUT2D eigenvalue weighted by molar-refractivity contribution is 5.78. The summed E-state index contributed by atoms with van der Waals surface area (Å²) >= 11 is 0. The summed E-state index contributed by atoms with van der Waals surface area (Å²) in [7, 11) is 3.72. The van der Waals surface area contributed by atoms with Crippen LogP contribution in [0.3, 0.4) is 0 Å². The van der Waals surface area contributed by atoms with Gasteiger partial charge < -0.3 is 10.2 Å². The van der Waals surface area contributed by atoms with Crippen molar-refractivity contribution in [3.8, 4) is 0 Å². The van der Waals surface area contributed by atoms with Gasteiger partial charge in [-0.2, -0.15) is 0 Å². The summed E-state index contributed by atoms with van der Waals surface area (Å²) in [5.74, 6) is -0.628. The Morgan fingerprint density at radius 1 is 1.22 bits per heavy atom. The number of fused-ring (bicyclic) bond motifs is 1. The zero-order chi connectivity index (χ0) is 19.4. The van der Waals surface area contributed by atoms with Crippen molar-refractivity contribution >= 4 is 16.8 Å². The van der Waals surface area contributed by atoms with Gasteiger partial charge in [0.2, 0.25) is 5.91 Å². The molecule has 27 heavy (non-hydrogen) atoms. The predicted molar refractivity (Wildman–Crippen MR) is 102 cm³/mol. The van der Waals surface area contributed by atoms with Crippen LogP contribution in [0.2, 0.25) is 0 Å². The summed E-state index contributed by atoms with van der Waals surface area (Å²) in [6, 6.07) is 13.1. The lowest BCUT2D eigenvalue weighted by molar-refractivity contribution is -0.121. The van der Waals surface area contributed by atoms with Crippen LogP contribution in [0.25, 0.3) is 10.9 Å². The number of likely N-dealkylation sites (N-methyl/N-ethyl adjacent to an activating group) is 1. The maximum Gasteiger partial charge on any atom is 0.261 e. The van der Waals surface area contributed by atoms with E-state index in [-0.39, 0.29) is 29.9 Å². The monoisotopic (exact) mass is 368 g/mol. The number of amides is 1. The second kappa shape index (κ2) is 8.09. The molecule has 0 saturated carbocycles. The van der Waals surface area contributed by atoms with Crippen LogP contribution in [0.4, 0.5) is 4.39 Å². The van der Waals surface area contributed by atoms with Gasteiger partial charge in [0.05, 0.1) is 23.3 Å². The van der Waals surface area contributed by atoms with Crippen LogP contribution in [-0.4, -0.2) is 41.0 Å². The van der Waals surface area contributed by atoms with Crippen molar-refractivity contribution in [2.45, 2.75) is 12.6 Å². The number of carbonyl (C=O) groups excluding carboxylic acids is 1. The highest BCUT2D eigenvalue weighted by Crippen LogP contribution is 2.18. The number of halogens is 1. The third-order valence-electron chi connectivity index (χ3n) is 4.39. The quantitative estimate of drug-likeness (QED) is 0.722. The minimum absolute atomic E-state index is 0.125. The topological polar surface area (TPSA) is 67.2 Å². The molecule has 7 heteroatoms. The first-order valence-electron chi connectivity index (χ1n) is 8.58. The van der Waals surface area contributed by atoms with Crippen LogP contribution in [0, 0.1) is 5.82 Å². The number of hydrogen-bond acceptors (Lipinski definition) is 4.